The van der Waals surface area contributed by atoms with Crippen molar-refractivity contribution >= 4 is 24.1 Å². The Hall–Kier alpha value is -3.14. The number of nitrogens with two attached hydrogens (primary N) is 1. The van der Waals surface area contributed by atoms with Crippen LogP contribution >= 0.6 is 0 Å². The van der Waals surface area contributed by atoms with E-state index in [9.17, 15) is 19.2 Å². The smallest absolute Gasteiger partial charge is 0.458 e. The standard InChI is InChI=1S/C30H47NO9/c1-8-11-14-36-30(35)38-22(7)21(6)37-29(34)24(31)17-23-12-13-25(39-27(32)15-19(4)9-2)26(18-23)40-28(33)16-20(5)10-3/h12-13,18-22,24H,8-11,14-17,31H2,1-7H3/t19?,20?,21-,22-,24-/m0/s1. The fourth-order valence-electron chi connectivity index (χ4n) is 3.32. The van der Waals surface area contributed by atoms with E-state index in [0.29, 0.717) is 5.56 Å². The van der Waals surface area contributed by atoms with Crippen LogP contribution in [0.1, 0.15) is 92.6 Å². The largest absolute Gasteiger partial charge is 0.508 e. The Bertz CT molecular complexity index is 964. The second-order valence-electron chi connectivity index (χ2n) is 10.4. The van der Waals surface area contributed by atoms with Gasteiger partial charge < -0.3 is 29.4 Å². The fraction of sp³-hybridized carbons (Fsp3) is 0.667. The summed E-state index contributed by atoms with van der Waals surface area (Å²) >= 11 is 0. The van der Waals surface area contributed by atoms with Crippen molar-refractivity contribution in [2.45, 2.75) is 112 Å². The molecule has 10 heteroatoms. The van der Waals surface area contributed by atoms with Gasteiger partial charge in [0.05, 0.1) is 6.61 Å². The molecule has 2 N–H and O–H groups in total. The Balaban J connectivity index is 2.90. The summed E-state index contributed by atoms with van der Waals surface area (Å²) in [5, 5.41) is 0. The molecule has 0 radical (unpaired) electrons. The second kappa shape index (κ2) is 18.3. The highest BCUT2D eigenvalue weighted by Crippen LogP contribution is 2.30. The zero-order valence-electron chi connectivity index (χ0n) is 25.0. The zero-order valence-corrected chi connectivity index (χ0v) is 25.0. The Morgan fingerprint density at radius 2 is 1.35 bits per heavy atom. The molecule has 0 aliphatic heterocycles. The van der Waals surface area contributed by atoms with Crippen molar-refractivity contribution in [2.24, 2.45) is 17.6 Å². The summed E-state index contributed by atoms with van der Waals surface area (Å²) in [5.74, 6) is -1.10. The molecule has 0 spiro atoms. The molecule has 0 saturated carbocycles. The van der Waals surface area contributed by atoms with Crippen LogP contribution in [0.25, 0.3) is 0 Å². The van der Waals surface area contributed by atoms with Crippen molar-refractivity contribution in [1.82, 2.24) is 0 Å². The van der Waals surface area contributed by atoms with Crippen molar-refractivity contribution in [3.05, 3.63) is 23.8 Å². The van der Waals surface area contributed by atoms with Crippen LogP contribution in [0, 0.1) is 11.8 Å². The molecule has 0 fully saturated rings. The molecule has 1 aromatic rings. The predicted molar refractivity (Wildman–Crippen MR) is 150 cm³/mol. The summed E-state index contributed by atoms with van der Waals surface area (Å²) < 4.78 is 26.6. The number of hydrogen-bond donors (Lipinski definition) is 1. The molecular weight excluding hydrogens is 518 g/mol. The molecule has 0 aromatic heterocycles. The van der Waals surface area contributed by atoms with Gasteiger partial charge >= 0.3 is 24.1 Å². The predicted octanol–water partition coefficient (Wildman–Crippen LogP) is 5.51. The Morgan fingerprint density at radius 3 is 1.90 bits per heavy atom. The van der Waals surface area contributed by atoms with Gasteiger partial charge in [0.2, 0.25) is 0 Å². The zero-order chi connectivity index (χ0) is 30.2. The number of benzene rings is 1. The summed E-state index contributed by atoms with van der Waals surface area (Å²) in [6, 6.07) is 3.66. The van der Waals surface area contributed by atoms with E-state index in [2.05, 4.69) is 0 Å². The molecule has 0 saturated heterocycles. The lowest BCUT2D eigenvalue weighted by Crippen LogP contribution is -2.39. The first kappa shape index (κ1) is 34.9. The number of unbranched alkanes of at least 4 members (excludes halogenated alkanes) is 1. The lowest BCUT2D eigenvalue weighted by Gasteiger charge is -2.22. The van der Waals surface area contributed by atoms with Gasteiger partial charge in [-0.15, -0.1) is 0 Å². The van der Waals surface area contributed by atoms with E-state index in [-0.39, 0.29) is 49.2 Å². The van der Waals surface area contributed by atoms with Gasteiger partial charge in [-0.1, -0.05) is 59.9 Å². The molecule has 0 aliphatic rings. The van der Waals surface area contributed by atoms with Gasteiger partial charge in [0.1, 0.15) is 18.2 Å². The second-order valence-corrected chi connectivity index (χ2v) is 10.4. The lowest BCUT2D eigenvalue weighted by atomic mass is 10.0. The first-order valence-corrected chi connectivity index (χ1v) is 14.2. The van der Waals surface area contributed by atoms with Crippen molar-refractivity contribution in [3.8, 4) is 11.5 Å². The van der Waals surface area contributed by atoms with Crippen LogP contribution in [-0.2, 0) is 35.0 Å². The maximum Gasteiger partial charge on any atom is 0.508 e. The molecule has 40 heavy (non-hydrogen) atoms. The average Bonchev–Trinajstić information content (AvgIpc) is 2.89. The van der Waals surface area contributed by atoms with E-state index in [1.54, 1.807) is 19.9 Å². The number of ether oxygens (including phenoxy) is 5. The third-order valence-corrected chi connectivity index (χ3v) is 6.60. The number of esters is 3. The number of rotatable bonds is 17. The minimum Gasteiger partial charge on any atom is -0.458 e. The van der Waals surface area contributed by atoms with Crippen LogP contribution in [0.2, 0.25) is 0 Å². The van der Waals surface area contributed by atoms with E-state index < -0.39 is 42.3 Å². The minimum atomic E-state index is -1.05. The van der Waals surface area contributed by atoms with Crippen LogP contribution < -0.4 is 15.2 Å². The topological polar surface area (TPSA) is 140 Å². The maximum atomic E-state index is 12.6. The van der Waals surface area contributed by atoms with Crippen LogP contribution in [0.15, 0.2) is 18.2 Å². The first-order chi connectivity index (χ1) is 18.9. The highest BCUT2D eigenvalue weighted by molar-refractivity contribution is 5.77. The van der Waals surface area contributed by atoms with Crippen LogP contribution in [0.4, 0.5) is 4.79 Å². The van der Waals surface area contributed by atoms with Gasteiger partial charge in [-0.25, -0.2) is 4.79 Å². The third-order valence-electron chi connectivity index (χ3n) is 6.60. The van der Waals surface area contributed by atoms with E-state index in [1.165, 1.54) is 12.1 Å². The Morgan fingerprint density at radius 1 is 0.800 bits per heavy atom. The summed E-state index contributed by atoms with van der Waals surface area (Å²) in [7, 11) is 0. The molecule has 2 unspecified atom stereocenters. The van der Waals surface area contributed by atoms with Crippen molar-refractivity contribution < 1.29 is 42.9 Å². The number of carbonyl (C=O) groups is 4. The van der Waals surface area contributed by atoms with Gasteiger partial charge in [0.15, 0.2) is 11.5 Å². The molecule has 5 atom stereocenters. The highest BCUT2D eigenvalue weighted by Gasteiger charge is 2.25. The number of carbonyl (C=O) groups excluding carboxylic acids is 4. The fourth-order valence-corrected chi connectivity index (χ4v) is 3.32. The quantitative estimate of drug-likeness (QED) is 0.146. The molecule has 1 rings (SSSR count). The van der Waals surface area contributed by atoms with E-state index in [4.69, 9.17) is 29.4 Å². The molecule has 10 nitrogen and oxygen atoms in total. The summed E-state index contributed by atoms with van der Waals surface area (Å²) in [5.41, 5.74) is 6.68. The Kier molecular flexibility index (Phi) is 15.9. The van der Waals surface area contributed by atoms with Gasteiger partial charge in [-0.05, 0) is 56.2 Å². The summed E-state index contributed by atoms with van der Waals surface area (Å²) in [6.07, 6.45) is 1.41. The van der Waals surface area contributed by atoms with Gasteiger partial charge in [-0.2, -0.15) is 0 Å². The van der Waals surface area contributed by atoms with Gasteiger partial charge in [0, 0.05) is 12.8 Å². The molecule has 0 heterocycles. The lowest BCUT2D eigenvalue weighted by molar-refractivity contribution is -0.155. The molecule has 1 aromatic carbocycles. The Labute approximate surface area is 238 Å². The molecule has 226 valence electrons. The summed E-state index contributed by atoms with van der Waals surface area (Å²) in [4.78, 5) is 49.3. The van der Waals surface area contributed by atoms with Crippen molar-refractivity contribution in [1.29, 1.82) is 0 Å². The van der Waals surface area contributed by atoms with Crippen LogP contribution in [-0.4, -0.2) is 48.9 Å². The molecular formula is C30H47NO9. The van der Waals surface area contributed by atoms with Crippen molar-refractivity contribution in [2.75, 3.05) is 6.61 Å². The first-order valence-electron chi connectivity index (χ1n) is 14.2. The third kappa shape index (κ3) is 13.3. The molecule has 0 amide bonds. The maximum absolute atomic E-state index is 12.6. The average molecular weight is 566 g/mol. The highest BCUT2D eigenvalue weighted by atomic mass is 16.7. The van der Waals surface area contributed by atoms with Crippen molar-refractivity contribution in [3.63, 3.8) is 0 Å². The normalized spacial score (nSPS) is 14.7. The minimum absolute atomic E-state index is 0.0663. The molecule has 0 bridgehead atoms. The van der Waals surface area contributed by atoms with E-state index >= 15 is 0 Å². The monoisotopic (exact) mass is 565 g/mol. The van der Waals surface area contributed by atoms with Gasteiger partial charge in [0.25, 0.3) is 0 Å². The summed E-state index contributed by atoms with van der Waals surface area (Å²) in [6.45, 7) is 13.3. The van der Waals surface area contributed by atoms with E-state index in [0.717, 1.165) is 25.7 Å². The van der Waals surface area contributed by atoms with Crippen LogP contribution in [0.5, 0.6) is 11.5 Å². The van der Waals surface area contributed by atoms with E-state index in [1.807, 2.05) is 34.6 Å². The SMILES string of the molecule is CCCCOC(=O)O[C@@H](C)[C@H](C)OC(=O)[C@@H](N)Cc1ccc(OC(=O)CC(C)CC)c(OC(=O)CC(C)CC)c1. The van der Waals surface area contributed by atoms with Gasteiger partial charge in [-0.3, -0.25) is 14.4 Å². The van der Waals surface area contributed by atoms with Crippen LogP contribution in [0.3, 0.4) is 0 Å². The molecule has 0 aliphatic carbocycles. The number of hydrogen-bond acceptors (Lipinski definition) is 10.